The zero-order valence-corrected chi connectivity index (χ0v) is 13.2. The van der Waals surface area contributed by atoms with Crippen LogP contribution in [0.5, 0.6) is 0 Å². The van der Waals surface area contributed by atoms with Crippen LogP contribution in [0.2, 0.25) is 0 Å². The van der Waals surface area contributed by atoms with Gasteiger partial charge in [-0.15, -0.1) is 0 Å². The van der Waals surface area contributed by atoms with Gasteiger partial charge in [0.15, 0.2) is 0 Å². The zero-order chi connectivity index (χ0) is 18.3. The van der Waals surface area contributed by atoms with E-state index in [1.165, 1.54) is 12.1 Å². The Hall–Kier alpha value is -2.74. The first-order valence-electron chi connectivity index (χ1n) is 7.08. The van der Waals surface area contributed by atoms with E-state index >= 15 is 0 Å². The summed E-state index contributed by atoms with van der Waals surface area (Å²) >= 11 is 0. The molecule has 0 radical (unpaired) electrons. The van der Waals surface area contributed by atoms with E-state index in [1.807, 2.05) is 0 Å². The van der Waals surface area contributed by atoms with Crippen molar-refractivity contribution in [2.75, 3.05) is 24.6 Å². The van der Waals surface area contributed by atoms with E-state index in [-0.39, 0.29) is 29.3 Å². The number of esters is 1. The van der Waals surface area contributed by atoms with Crippen LogP contribution < -0.4 is 4.90 Å². The first-order chi connectivity index (χ1) is 11.2. The highest BCUT2D eigenvalue weighted by Crippen LogP contribution is 2.24. The van der Waals surface area contributed by atoms with Crippen LogP contribution in [-0.2, 0) is 9.53 Å². The maximum Gasteiger partial charge on any atom is 0.405 e. The average Bonchev–Trinajstić information content (AvgIpc) is 2.50. The average molecular weight is 339 g/mol. The highest BCUT2D eigenvalue weighted by Gasteiger charge is 2.32. The SMILES string of the molecule is CC(C)COC(=O)CN(CC(F)(F)F)c1ccc(C#N)c(C#N)c1. The van der Waals surface area contributed by atoms with Gasteiger partial charge in [-0.2, -0.15) is 23.7 Å². The first-order valence-corrected chi connectivity index (χ1v) is 7.08. The summed E-state index contributed by atoms with van der Waals surface area (Å²) < 4.78 is 43.2. The number of carbonyl (C=O) groups excluding carboxylic acids is 1. The van der Waals surface area contributed by atoms with Gasteiger partial charge in [0.2, 0.25) is 0 Å². The molecular weight excluding hydrogens is 323 g/mol. The summed E-state index contributed by atoms with van der Waals surface area (Å²) in [6.45, 7) is 1.74. The lowest BCUT2D eigenvalue weighted by atomic mass is 10.1. The molecular formula is C16H16F3N3O2. The van der Waals surface area contributed by atoms with Gasteiger partial charge in [-0.05, 0) is 24.1 Å². The summed E-state index contributed by atoms with van der Waals surface area (Å²) in [5.41, 5.74) is 0.0117. The molecule has 0 bridgehead atoms. The maximum atomic E-state index is 12.8. The number of ether oxygens (including phenoxy) is 1. The van der Waals surface area contributed by atoms with E-state index < -0.39 is 25.2 Å². The fourth-order valence-electron chi connectivity index (χ4n) is 1.83. The molecule has 1 aromatic carbocycles. The van der Waals surface area contributed by atoms with Crippen LogP contribution in [0.4, 0.5) is 18.9 Å². The molecule has 24 heavy (non-hydrogen) atoms. The van der Waals surface area contributed by atoms with E-state index in [0.29, 0.717) is 0 Å². The van der Waals surface area contributed by atoms with Crippen molar-refractivity contribution in [1.82, 2.24) is 0 Å². The molecule has 5 nitrogen and oxygen atoms in total. The summed E-state index contributed by atoms with van der Waals surface area (Å²) in [4.78, 5) is 12.5. The normalized spacial score (nSPS) is 10.8. The molecule has 0 fully saturated rings. The van der Waals surface area contributed by atoms with Crippen molar-refractivity contribution >= 4 is 11.7 Å². The Balaban J connectivity index is 3.04. The molecule has 0 atom stereocenters. The number of carbonyl (C=O) groups is 1. The Morgan fingerprint density at radius 2 is 1.88 bits per heavy atom. The largest absolute Gasteiger partial charge is 0.464 e. The molecule has 0 unspecified atom stereocenters. The number of anilines is 1. The number of benzene rings is 1. The number of alkyl halides is 3. The van der Waals surface area contributed by atoms with Gasteiger partial charge in [0.1, 0.15) is 25.2 Å². The lowest BCUT2D eigenvalue weighted by molar-refractivity contribution is -0.144. The van der Waals surface area contributed by atoms with Gasteiger partial charge < -0.3 is 9.64 Å². The Labute approximate surface area is 137 Å². The van der Waals surface area contributed by atoms with Crippen LogP contribution in [0.3, 0.4) is 0 Å². The van der Waals surface area contributed by atoms with Gasteiger partial charge in [0.25, 0.3) is 0 Å². The van der Waals surface area contributed by atoms with Crippen LogP contribution in [0.15, 0.2) is 18.2 Å². The van der Waals surface area contributed by atoms with E-state index in [4.69, 9.17) is 15.3 Å². The standard InChI is InChI=1S/C16H16F3N3O2/c1-11(2)9-24-15(23)8-22(10-16(17,18)19)14-4-3-12(6-20)13(5-14)7-21/h3-5,11H,8-10H2,1-2H3. The fourth-order valence-corrected chi connectivity index (χ4v) is 1.83. The summed E-state index contributed by atoms with van der Waals surface area (Å²) in [6, 6.07) is 7.20. The Morgan fingerprint density at radius 3 is 2.38 bits per heavy atom. The van der Waals surface area contributed by atoms with Crippen molar-refractivity contribution in [3.05, 3.63) is 29.3 Å². The molecule has 0 aliphatic rings. The van der Waals surface area contributed by atoms with Gasteiger partial charge in [0, 0.05) is 5.69 Å². The van der Waals surface area contributed by atoms with Crippen molar-refractivity contribution < 1.29 is 22.7 Å². The topological polar surface area (TPSA) is 77.1 Å². The predicted molar refractivity (Wildman–Crippen MR) is 79.9 cm³/mol. The molecule has 0 heterocycles. The zero-order valence-electron chi connectivity index (χ0n) is 13.2. The Bertz CT molecular complexity index is 673. The van der Waals surface area contributed by atoms with Crippen LogP contribution in [0.1, 0.15) is 25.0 Å². The van der Waals surface area contributed by atoms with Crippen LogP contribution >= 0.6 is 0 Å². The van der Waals surface area contributed by atoms with Crippen LogP contribution in [-0.4, -0.2) is 31.8 Å². The number of hydrogen-bond donors (Lipinski definition) is 0. The minimum absolute atomic E-state index is 0.0179. The molecule has 0 aromatic heterocycles. The second-order valence-corrected chi connectivity index (χ2v) is 5.50. The van der Waals surface area contributed by atoms with E-state index in [2.05, 4.69) is 0 Å². The summed E-state index contributed by atoms with van der Waals surface area (Å²) in [6.07, 6.45) is -4.54. The van der Waals surface area contributed by atoms with Crippen LogP contribution in [0.25, 0.3) is 0 Å². The van der Waals surface area contributed by atoms with Crippen molar-refractivity contribution in [3.8, 4) is 12.1 Å². The van der Waals surface area contributed by atoms with Crippen molar-refractivity contribution in [1.29, 1.82) is 10.5 Å². The number of nitrogens with zero attached hydrogens (tertiary/aromatic N) is 3. The number of nitriles is 2. The van der Waals surface area contributed by atoms with Crippen LogP contribution in [0, 0.1) is 28.6 Å². The predicted octanol–water partition coefficient (Wildman–Crippen LogP) is 3.00. The molecule has 0 aliphatic heterocycles. The second-order valence-electron chi connectivity index (χ2n) is 5.50. The van der Waals surface area contributed by atoms with Gasteiger partial charge in [-0.1, -0.05) is 13.8 Å². The van der Waals surface area contributed by atoms with Crippen molar-refractivity contribution in [2.24, 2.45) is 5.92 Å². The number of hydrogen-bond acceptors (Lipinski definition) is 5. The molecule has 0 aliphatic carbocycles. The first kappa shape index (κ1) is 19.3. The smallest absolute Gasteiger partial charge is 0.405 e. The third-order valence-corrected chi connectivity index (χ3v) is 2.88. The molecule has 0 spiro atoms. The third kappa shape index (κ3) is 6.17. The Kier molecular flexibility index (Phi) is 6.60. The minimum Gasteiger partial charge on any atom is -0.464 e. The summed E-state index contributed by atoms with van der Waals surface area (Å²) in [5, 5.41) is 17.8. The molecule has 0 N–H and O–H groups in total. The minimum atomic E-state index is -4.54. The second kappa shape index (κ2) is 8.21. The lowest BCUT2D eigenvalue weighted by Gasteiger charge is -2.25. The van der Waals surface area contributed by atoms with Gasteiger partial charge in [-0.25, -0.2) is 0 Å². The Morgan fingerprint density at radius 1 is 1.25 bits per heavy atom. The molecule has 0 saturated heterocycles. The van der Waals surface area contributed by atoms with E-state index in [0.717, 1.165) is 11.0 Å². The molecule has 8 heteroatoms. The quantitative estimate of drug-likeness (QED) is 0.745. The van der Waals surface area contributed by atoms with Crippen molar-refractivity contribution in [2.45, 2.75) is 20.0 Å². The molecule has 1 rings (SSSR count). The molecule has 0 saturated carbocycles. The maximum absolute atomic E-state index is 12.8. The molecule has 0 amide bonds. The molecule has 1 aromatic rings. The van der Waals surface area contributed by atoms with E-state index in [1.54, 1.807) is 26.0 Å². The van der Waals surface area contributed by atoms with E-state index in [9.17, 15) is 18.0 Å². The monoisotopic (exact) mass is 339 g/mol. The van der Waals surface area contributed by atoms with Gasteiger partial charge >= 0.3 is 12.1 Å². The van der Waals surface area contributed by atoms with Crippen molar-refractivity contribution in [3.63, 3.8) is 0 Å². The number of halogens is 3. The highest BCUT2D eigenvalue weighted by atomic mass is 19.4. The molecule has 128 valence electrons. The van der Waals surface area contributed by atoms with Gasteiger partial charge in [0.05, 0.1) is 17.7 Å². The summed E-state index contributed by atoms with van der Waals surface area (Å²) in [5.74, 6) is -0.735. The lowest BCUT2D eigenvalue weighted by Crippen LogP contribution is -2.38. The number of rotatable bonds is 6. The summed E-state index contributed by atoms with van der Waals surface area (Å²) in [7, 11) is 0. The fraction of sp³-hybridized carbons (Fsp3) is 0.438. The highest BCUT2D eigenvalue weighted by molar-refractivity contribution is 5.76. The third-order valence-electron chi connectivity index (χ3n) is 2.88. The van der Waals surface area contributed by atoms with Gasteiger partial charge in [-0.3, -0.25) is 4.79 Å².